The molecule has 0 amide bonds. The second-order valence-electron chi connectivity index (χ2n) is 10.0. The highest BCUT2D eigenvalue weighted by molar-refractivity contribution is 6.30. The standard InChI is InChI=1S/C17H21N.C16H13ClN2O/c1-15(13-16-9-5-3-6-10-16)18(2)14-17-11-7-4-8-12-17;17-12-7-5-11(6-8-12)16(20)14-4-2-1-3-13(14)15-18-9-10-19(15)16/h3-12,15H,13-14H2,1-2H3;1-8,20H,9-10H2/t15-;/m0./s1. The summed E-state index contributed by atoms with van der Waals surface area (Å²) < 4.78 is 0. The van der Waals surface area contributed by atoms with Gasteiger partial charge >= 0.3 is 0 Å². The number of nitrogens with zero attached hydrogens (tertiary/aromatic N) is 3. The number of benzene rings is 4. The lowest BCUT2D eigenvalue weighted by atomic mass is 9.94. The molecule has 0 spiro atoms. The first-order valence-corrected chi connectivity index (χ1v) is 13.5. The molecule has 2 heterocycles. The van der Waals surface area contributed by atoms with E-state index in [1.54, 1.807) is 0 Å². The SMILES string of the molecule is C[C@@H](Cc1ccccc1)N(C)Cc1ccccc1.OC1(c2ccc(Cl)cc2)c2ccccc2C2=NCCN21. The third-order valence-electron chi connectivity index (χ3n) is 7.42. The molecular formula is C33H34ClN3O. The number of hydrogen-bond acceptors (Lipinski definition) is 4. The predicted molar refractivity (Wildman–Crippen MR) is 157 cm³/mol. The Labute approximate surface area is 230 Å². The smallest absolute Gasteiger partial charge is 0.193 e. The van der Waals surface area contributed by atoms with Crippen molar-refractivity contribution in [3.63, 3.8) is 0 Å². The van der Waals surface area contributed by atoms with Gasteiger partial charge in [0.25, 0.3) is 0 Å². The van der Waals surface area contributed by atoms with Gasteiger partial charge in [0.2, 0.25) is 0 Å². The van der Waals surface area contributed by atoms with Crippen molar-refractivity contribution < 1.29 is 5.11 Å². The van der Waals surface area contributed by atoms with Crippen molar-refractivity contribution in [2.75, 3.05) is 20.1 Å². The van der Waals surface area contributed by atoms with E-state index in [1.807, 2.05) is 53.4 Å². The first-order valence-electron chi connectivity index (χ1n) is 13.2. The van der Waals surface area contributed by atoms with Gasteiger partial charge in [-0.1, -0.05) is 109 Å². The normalized spacial score (nSPS) is 18.3. The van der Waals surface area contributed by atoms with Crippen molar-refractivity contribution >= 4 is 17.4 Å². The molecule has 0 aromatic heterocycles. The number of likely N-dealkylation sites (N-methyl/N-ethyl adjacent to an activating group) is 1. The maximum absolute atomic E-state index is 11.4. The lowest BCUT2D eigenvalue weighted by Gasteiger charge is -2.33. The van der Waals surface area contributed by atoms with Gasteiger partial charge in [0, 0.05) is 40.8 Å². The molecule has 6 rings (SSSR count). The number of amidine groups is 1. The second-order valence-corrected chi connectivity index (χ2v) is 10.5. The summed E-state index contributed by atoms with van der Waals surface area (Å²) in [5, 5.41) is 12.0. The molecule has 1 N–H and O–H groups in total. The van der Waals surface area contributed by atoms with E-state index >= 15 is 0 Å². The van der Waals surface area contributed by atoms with Gasteiger partial charge < -0.3 is 10.0 Å². The molecule has 0 saturated carbocycles. The molecule has 2 aliphatic heterocycles. The van der Waals surface area contributed by atoms with E-state index in [2.05, 4.69) is 84.5 Å². The number of fused-ring (bicyclic) bond motifs is 3. The van der Waals surface area contributed by atoms with Crippen LogP contribution in [0.25, 0.3) is 0 Å². The van der Waals surface area contributed by atoms with Gasteiger partial charge in [0.05, 0.1) is 6.54 Å². The molecule has 0 radical (unpaired) electrons. The van der Waals surface area contributed by atoms with E-state index < -0.39 is 5.72 Å². The van der Waals surface area contributed by atoms with Gasteiger partial charge in [-0.05, 0) is 43.7 Å². The predicted octanol–water partition coefficient (Wildman–Crippen LogP) is 6.36. The molecule has 2 aliphatic rings. The first-order chi connectivity index (χ1) is 18.5. The molecule has 194 valence electrons. The third-order valence-corrected chi connectivity index (χ3v) is 7.67. The van der Waals surface area contributed by atoms with Crippen molar-refractivity contribution in [2.45, 2.75) is 31.7 Å². The average molecular weight is 524 g/mol. The molecule has 38 heavy (non-hydrogen) atoms. The highest BCUT2D eigenvalue weighted by atomic mass is 35.5. The number of hydrogen-bond donors (Lipinski definition) is 1. The summed E-state index contributed by atoms with van der Waals surface area (Å²) in [6, 6.07) is 37.2. The molecule has 5 heteroatoms. The fourth-order valence-corrected chi connectivity index (χ4v) is 5.38. The average Bonchev–Trinajstić information content (AvgIpc) is 3.53. The highest BCUT2D eigenvalue weighted by Crippen LogP contribution is 2.43. The first kappa shape index (κ1) is 26.2. The van der Waals surface area contributed by atoms with Crippen LogP contribution in [0.3, 0.4) is 0 Å². The summed E-state index contributed by atoms with van der Waals surface area (Å²) in [5.74, 6) is 0.887. The van der Waals surface area contributed by atoms with Crippen LogP contribution in [0.2, 0.25) is 5.02 Å². The summed E-state index contributed by atoms with van der Waals surface area (Å²) in [4.78, 5) is 8.91. The summed E-state index contributed by atoms with van der Waals surface area (Å²) in [5.41, 5.74) is 4.37. The minimum absolute atomic E-state index is 0.549. The Morgan fingerprint density at radius 2 is 1.47 bits per heavy atom. The molecule has 0 aliphatic carbocycles. The molecule has 4 aromatic carbocycles. The van der Waals surface area contributed by atoms with Crippen LogP contribution >= 0.6 is 11.6 Å². The van der Waals surface area contributed by atoms with Crippen molar-refractivity contribution in [1.82, 2.24) is 9.80 Å². The van der Waals surface area contributed by atoms with Crippen LogP contribution in [0, 0.1) is 0 Å². The van der Waals surface area contributed by atoms with E-state index in [0.717, 1.165) is 48.6 Å². The molecule has 4 aromatic rings. The summed E-state index contributed by atoms with van der Waals surface area (Å²) in [7, 11) is 2.20. The summed E-state index contributed by atoms with van der Waals surface area (Å²) >= 11 is 5.96. The van der Waals surface area contributed by atoms with Crippen molar-refractivity contribution in [2.24, 2.45) is 4.99 Å². The largest absolute Gasteiger partial charge is 0.363 e. The van der Waals surface area contributed by atoms with E-state index in [4.69, 9.17) is 11.6 Å². The van der Waals surface area contributed by atoms with E-state index in [9.17, 15) is 5.11 Å². The zero-order chi connectivity index (χ0) is 26.5. The maximum Gasteiger partial charge on any atom is 0.193 e. The van der Waals surface area contributed by atoms with Gasteiger partial charge in [-0.3, -0.25) is 9.89 Å². The molecule has 0 saturated heterocycles. The van der Waals surface area contributed by atoms with Crippen LogP contribution < -0.4 is 0 Å². The summed E-state index contributed by atoms with van der Waals surface area (Å²) in [6.45, 7) is 4.74. The fraction of sp³-hybridized carbons (Fsp3) is 0.242. The van der Waals surface area contributed by atoms with Gasteiger partial charge in [-0.2, -0.15) is 0 Å². The third kappa shape index (κ3) is 5.39. The monoisotopic (exact) mass is 523 g/mol. The fourth-order valence-electron chi connectivity index (χ4n) is 5.25. The van der Waals surface area contributed by atoms with Crippen molar-refractivity contribution in [3.05, 3.63) is 142 Å². The Balaban J connectivity index is 0.000000156. The van der Waals surface area contributed by atoms with Crippen molar-refractivity contribution in [3.8, 4) is 0 Å². The Morgan fingerprint density at radius 1 is 0.868 bits per heavy atom. The lowest BCUT2D eigenvalue weighted by Crippen LogP contribution is -2.43. The number of aliphatic hydroxyl groups is 1. The second kappa shape index (κ2) is 11.5. The number of aliphatic imine (C=N–C) groups is 1. The Hall–Kier alpha value is -3.44. The maximum atomic E-state index is 11.4. The van der Waals surface area contributed by atoms with Crippen molar-refractivity contribution in [1.29, 1.82) is 0 Å². The van der Waals surface area contributed by atoms with Crippen LogP contribution in [0.15, 0.2) is 114 Å². The number of halogens is 1. The molecule has 2 atom stereocenters. The van der Waals surface area contributed by atoms with Crippen LogP contribution in [-0.2, 0) is 18.7 Å². The van der Waals surface area contributed by atoms with Crippen LogP contribution in [0.1, 0.15) is 34.7 Å². The Bertz CT molecular complexity index is 1330. The minimum atomic E-state index is -1.14. The molecule has 4 nitrogen and oxygen atoms in total. The highest BCUT2D eigenvalue weighted by Gasteiger charge is 2.49. The Morgan fingerprint density at radius 3 is 2.16 bits per heavy atom. The van der Waals surface area contributed by atoms with Crippen LogP contribution in [0.5, 0.6) is 0 Å². The van der Waals surface area contributed by atoms with E-state index in [-0.39, 0.29) is 0 Å². The van der Waals surface area contributed by atoms with E-state index in [0.29, 0.717) is 11.1 Å². The molecule has 0 fully saturated rings. The van der Waals surface area contributed by atoms with Gasteiger partial charge in [-0.15, -0.1) is 0 Å². The zero-order valence-electron chi connectivity index (χ0n) is 22.0. The topological polar surface area (TPSA) is 39.1 Å². The van der Waals surface area contributed by atoms with Crippen LogP contribution in [-0.4, -0.2) is 46.9 Å². The summed E-state index contributed by atoms with van der Waals surface area (Å²) in [6.07, 6.45) is 1.10. The minimum Gasteiger partial charge on any atom is -0.363 e. The van der Waals surface area contributed by atoms with Gasteiger partial charge in [0.15, 0.2) is 5.72 Å². The quantitative estimate of drug-likeness (QED) is 0.319. The number of rotatable bonds is 6. The van der Waals surface area contributed by atoms with Gasteiger partial charge in [-0.25, -0.2) is 0 Å². The molecule has 0 bridgehead atoms. The Kier molecular flexibility index (Phi) is 7.94. The van der Waals surface area contributed by atoms with E-state index in [1.165, 1.54) is 11.1 Å². The zero-order valence-corrected chi connectivity index (χ0v) is 22.7. The molecule has 1 unspecified atom stereocenters. The molecular weight excluding hydrogens is 490 g/mol. The van der Waals surface area contributed by atoms with Gasteiger partial charge in [0.1, 0.15) is 5.84 Å². The lowest BCUT2D eigenvalue weighted by molar-refractivity contribution is -0.0242. The van der Waals surface area contributed by atoms with Crippen LogP contribution in [0.4, 0.5) is 0 Å².